The summed E-state index contributed by atoms with van der Waals surface area (Å²) in [5.74, 6) is 0.0542. The lowest BCUT2D eigenvalue weighted by Gasteiger charge is -2.35. The molecule has 0 saturated carbocycles. The van der Waals surface area contributed by atoms with Gasteiger partial charge in [-0.3, -0.25) is 9.69 Å². The minimum absolute atomic E-state index is 0.0542. The van der Waals surface area contributed by atoms with Crippen molar-refractivity contribution in [2.75, 3.05) is 19.6 Å². The average molecular weight is 344 g/mol. The molecule has 1 aliphatic heterocycles. The predicted octanol–water partition coefficient (Wildman–Crippen LogP) is 3.06. The van der Waals surface area contributed by atoms with Gasteiger partial charge < -0.3 is 10.1 Å². The first-order valence-corrected chi connectivity index (χ1v) is 9.25. The van der Waals surface area contributed by atoms with Crippen LogP contribution in [0, 0.1) is 0 Å². The molecule has 1 aromatic carbocycles. The van der Waals surface area contributed by atoms with Crippen molar-refractivity contribution in [3.63, 3.8) is 0 Å². The number of nitrogens with one attached hydrogen (secondary N) is 1. The van der Waals surface area contributed by atoms with E-state index in [2.05, 4.69) is 42.3 Å². The van der Waals surface area contributed by atoms with Crippen molar-refractivity contribution in [2.45, 2.75) is 32.1 Å². The molecule has 5 heteroatoms. The molecule has 1 aliphatic rings. The zero-order valence-corrected chi connectivity index (χ0v) is 15.0. The topological polar surface area (TPSA) is 41.6 Å². The summed E-state index contributed by atoms with van der Waals surface area (Å²) in [5, 5.41) is 5.25. The van der Waals surface area contributed by atoms with Gasteiger partial charge in [0.05, 0.1) is 24.8 Å². The molecule has 1 amide bonds. The van der Waals surface area contributed by atoms with E-state index in [4.69, 9.17) is 4.74 Å². The summed E-state index contributed by atoms with van der Waals surface area (Å²) >= 11 is 1.67. The number of ether oxygens (including phenoxy) is 1. The maximum Gasteiger partial charge on any atom is 0.234 e. The number of hydrogen-bond acceptors (Lipinski definition) is 4. The highest BCUT2D eigenvalue weighted by atomic mass is 32.1. The van der Waals surface area contributed by atoms with Crippen LogP contribution in [0.25, 0.3) is 0 Å². The van der Waals surface area contributed by atoms with Gasteiger partial charge in [-0.05, 0) is 30.9 Å². The third-order valence-corrected chi connectivity index (χ3v) is 5.07. The van der Waals surface area contributed by atoms with E-state index in [0.717, 1.165) is 23.5 Å². The van der Waals surface area contributed by atoms with Crippen molar-refractivity contribution < 1.29 is 9.53 Å². The zero-order valence-electron chi connectivity index (χ0n) is 14.1. The van der Waals surface area contributed by atoms with Crippen LogP contribution >= 0.6 is 11.3 Å². The summed E-state index contributed by atoms with van der Waals surface area (Å²) in [6.07, 6.45) is 0.340. The molecule has 1 N–H and O–H groups in total. The van der Waals surface area contributed by atoms with Crippen molar-refractivity contribution in [3.05, 3.63) is 58.3 Å². The Kier molecular flexibility index (Phi) is 5.66. The Hall–Kier alpha value is -1.69. The number of morpholine rings is 1. The van der Waals surface area contributed by atoms with Crippen LogP contribution in [0.1, 0.15) is 30.3 Å². The van der Waals surface area contributed by atoms with E-state index < -0.39 is 0 Å². The third-order valence-electron chi connectivity index (χ3n) is 4.13. The van der Waals surface area contributed by atoms with Crippen molar-refractivity contribution in [3.8, 4) is 0 Å². The molecule has 0 radical (unpaired) electrons. The number of rotatable bonds is 5. The Morgan fingerprint density at radius 1 is 1.21 bits per heavy atom. The molecule has 2 heterocycles. The standard InChI is InChI=1S/C19H24N2O2S/c1-14-11-21(12-15(2)23-14)13-18(22)20-19(17-9-6-10-24-17)16-7-4-3-5-8-16/h3-10,14-15,19H,11-13H2,1-2H3,(H,20,22)/t14-,15+,19-/m1/s1. The van der Waals surface area contributed by atoms with E-state index in [1.165, 1.54) is 0 Å². The van der Waals surface area contributed by atoms with Crippen LogP contribution in [0.15, 0.2) is 47.8 Å². The van der Waals surface area contributed by atoms with Crippen molar-refractivity contribution in [2.24, 2.45) is 0 Å². The third kappa shape index (κ3) is 4.44. The second kappa shape index (κ2) is 7.92. The molecule has 0 spiro atoms. The van der Waals surface area contributed by atoms with Gasteiger partial charge in [0.25, 0.3) is 0 Å². The fourth-order valence-electron chi connectivity index (χ4n) is 3.24. The van der Waals surface area contributed by atoms with Gasteiger partial charge in [-0.1, -0.05) is 36.4 Å². The molecule has 3 atom stereocenters. The van der Waals surface area contributed by atoms with Crippen molar-refractivity contribution in [1.82, 2.24) is 10.2 Å². The lowest BCUT2D eigenvalue weighted by molar-refractivity contribution is -0.126. The monoisotopic (exact) mass is 344 g/mol. The maximum atomic E-state index is 12.6. The highest BCUT2D eigenvalue weighted by Crippen LogP contribution is 2.25. The molecule has 128 valence electrons. The van der Waals surface area contributed by atoms with E-state index in [1.54, 1.807) is 11.3 Å². The molecule has 1 aromatic heterocycles. The lowest BCUT2D eigenvalue weighted by atomic mass is 10.1. The van der Waals surface area contributed by atoms with Crippen LogP contribution in [0.3, 0.4) is 0 Å². The second-order valence-electron chi connectivity index (χ2n) is 6.38. The van der Waals surface area contributed by atoms with Crippen molar-refractivity contribution in [1.29, 1.82) is 0 Å². The number of carbonyl (C=O) groups is 1. The molecule has 4 nitrogen and oxygen atoms in total. The highest BCUT2D eigenvalue weighted by molar-refractivity contribution is 7.10. The molecule has 1 fully saturated rings. The Labute approximate surface area is 147 Å². The smallest absolute Gasteiger partial charge is 0.234 e. The van der Waals surface area contributed by atoms with Crippen LogP contribution in [-0.2, 0) is 9.53 Å². The first-order valence-electron chi connectivity index (χ1n) is 8.37. The Bertz CT molecular complexity index is 635. The normalized spacial score (nSPS) is 22.9. The molecule has 0 unspecified atom stereocenters. The van der Waals surface area contributed by atoms with Crippen LogP contribution in [0.2, 0.25) is 0 Å². The predicted molar refractivity (Wildman–Crippen MR) is 97.2 cm³/mol. The van der Waals surface area contributed by atoms with Crippen LogP contribution in [-0.4, -0.2) is 42.6 Å². The number of benzene rings is 1. The lowest BCUT2D eigenvalue weighted by Crippen LogP contribution is -2.49. The number of carbonyl (C=O) groups excluding carboxylic acids is 1. The van der Waals surface area contributed by atoms with Gasteiger partial charge in [0.1, 0.15) is 0 Å². The number of amides is 1. The summed E-state index contributed by atoms with van der Waals surface area (Å²) in [6, 6.07) is 14.1. The van der Waals surface area contributed by atoms with Gasteiger partial charge in [0.2, 0.25) is 5.91 Å². The van der Waals surface area contributed by atoms with Crippen LogP contribution in [0.5, 0.6) is 0 Å². The Morgan fingerprint density at radius 3 is 2.54 bits per heavy atom. The van der Waals surface area contributed by atoms with Gasteiger partial charge in [-0.15, -0.1) is 11.3 Å². The quantitative estimate of drug-likeness (QED) is 0.906. The maximum absolute atomic E-state index is 12.6. The number of hydrogen-bond donors (Lipinski definition) is 1. The van der Waals surface area contributed by atoms with Crippen LogP contribution in [0.4, 0.5) is 0 Å². The molecule has 3 rings (SSSR count). The molecule has 0 bridgehead atoms. The van der Waals surface area contributed by atoms with Gasteiger partial charge in [0.15, 0.2) is 0 Å². The summed E-state index contributed by atoms with van der Waals surface area (Å²) in [6.45, 7) is 6.12. The first-order chi connectivity index (χ1) is 11.6. The Balaban J connectivity index is 1.68. The van der Waals surface area contributed by atoms with E-state index in [0.29, 0.717) is 6.54 Å². The second-order valence-corrected chi connectivity index (χ2v) is 7.36. The minimum Gasteiger partial charge on any atom is -0.373 e. The molecule has 0 aliphatic carbocycles. The zero-order chi connectivity index (χ0) is 16.9. The minimum atomic E-state index is -0.0883. The van der Waals surface area contributed by atoms with Gasteiger partial charge in [-0.25, -0.2) is 0 Å². The fraction of sp³-hybridized carbons (Fsp3) is 0.421. The van der Waals surface area contributed by atoms with Crippen molar-refractivity contribution >= 4 is 17.2 Å². The number of nitrogens with zero attached hydrogens (tertiary/aromatic N) is 1. The average Bonchev–Trinajstić information content (AvgIpc) is 3.06. The first kappa shape index (κ1) is 17.1. The highest BCUT2D eigenvalue weighted by Gasteiger charge is 2.25. The van der Waals surface area contributed by atoms with Gasteiger partial charge in [-0.2, -0.15) is 0 Å². The molecule has 24 heavy (non-hydrogen) atoms. The van der Waals surface area contributed by atoms with E-state index in [-0.39, 0.29) is 24.2 Å². The number of thiophene rings is 1. The molecular formula is C19H24N2O2S. The summed E-state index contributed by atoms with van der Waals surface area (Å²) < 4.78 is 5.74. The molecular weight excluding hydrogens is 320 g/mol. The van der Waals surface area contributed by atoms with E-state index in [1.807, 2.05) is 29.6 Å². The van der Waals surface area contributed by atoms with E-state index in [9.17, 15) is 4.79 Å². The Morgan fingerprint density at radius 2 is 1.92 bits per heavy atom. The largest absolute Gasteiger partial charge is 0.373 e. The molecule has 2 aromatic rings. The fourth-order valence-corrected chi connectivity index (χ4v) is 4.05. The summed E-state index contributed by atoms with van der Waals surface area (Å²) in [4.78, 5) is 15.9. The SMILES string of the molecule is C[C@@H]1CN(CC(=O)N[C@H](c2ccccc2)c2cccs2)C[C@H](C)O1. The van der Waals surface area contributed by atoms with Gasteiger partial charge >= 0.3 is 0 Å². The van der Waals surface area contributed by atoms with Crippen LogP contribution < -0.4 is 5.32 Å². The molecule has 1 saturated heterocycles. The van der Waals surface area contributed by atoms with E-state index >= 15 is 0 Å². The van der Waals surface area contributed by atoms with Gasteiger partial charge in [0, 0.05) is 18.0 Å². The summed E-state index contributed by atoms with van der Waals surface area (Å²) in [5.41, 5.74) is 1.11. The summed E-state index contributed by atoms with van der Waals surface area (Å²) in [7, 11) is 0.